The molecule has 0 aliphatic heterocycles. The average molecular weight is 547 g/mol. The zero-order chi connectivity index (χ0) is 29.4. The Morgan fingerprint density at radius 1 is 0.684 bits per heavy atom. The number of hydrogen-bond acceptors (Lipinski definition) is 9. The van der Waals surface area contributed by atoms with Crippen LogP contribution in [-0.4, -0.2) is 93.5 Å². The minimum atomic E-state index is -1.57. The highest BCUT2D eigenvalue weighted by atomic mass is 16.4. The van der Waals surface area contributed by atoms with Crippen molar-refractivity contribution in [3.63, 3.8) is 0 Å². The van der Waals surface area contributed by atoms with Crippen molar-refractivity contribution >= 4 is 47.5 Å². The highest BCUT2D eigenvalue weighted by Gasteiger charge is 2.31. The van der Waals surface area contributed by atoms with Gasteiger partial charge >= 0.3 is 17.9 Å². The van der Waals surface area contributed by atoms with Gasteiger partial charge in [-0.3, -0.25) is 33.8 Å². The SMILES string of the molecule is NC(=O)CCC(NC(=O)C(CCC(=O)O)NC(=O)C(CCCN=C(N)N)NC(=O)C(N)CC(=O)O)C(=O)O. The molecule has 38 heavy (non-hydrogen) atoms. The van der Waals surface area contributed by atoms with Gasteiger partial charge in [-0.15, -0.1) is 0 Å². The number of guanidine groups is 1. The number of nitrogens with one attached hydrogen (secondary N) is 3. The molecular weight excluding hydrogens is 512 g/mol. The van der Waals surface area contributed by atoms with Crippen LogP contribution in [0.2, 0.25) is 0 Å². The number of amides is 4. The van der Waals surface area contributed by atoms with E-state index in [1.807, 2.05) is 0 Å². The number of carboxylic acid groups (broad SMARTS) is 3. The van der Waals surface area contributed by atoms with Gasteiger partial charge in [-0.05, 0) is 25.7 Å². The molecule has 0 spiro atoms. The molecule has 214 valence electrons. The molecule has 0 aromatic heterocycles. The Balaban J connectivity index is 5.72. The molecule has 0 saturated heterocycles. The van der Waals surface area contributed by atoms with Gasteiger partial charge in [0, 0.05) is 19.4 Å². The second-order valence-corrected chi connectivity index (χ2v) is 8.11. The number of carboxylic acids is 3. The minimum Gasteiger partial charge on any atom is -0.481 e. The zero-order valence-corrected chi connectivity index (χ0v) is 20.4. The first-order chi connectivity index (χ1) is 17.6. The number of rotatable bonds is 19. The van der Waals surface area contributed by atoms with E-state index in [1.165, 1.54) is 0 Å². The number of aliphatic imine (C=N–C) groups is 1. The Labute approximate surface area is 216 Å². The standard InChI is InChI=1S/C20H34N8O10/c21-9(8-15(32)33)16(34)26-10(2-1-7-25-20(23)24)17(35)27-11(4-6-14(30)31)18(36)28-12(19(37)38)3-5-13(22)29/h9-12H,1-8,21H2,(H2,22,29)(H,26,34)(H,27,35)(H,28,36)(H,30,31)(H,32,33)(H,37,38)(H4,23,24,25). The third kappa shape index (κ3) is 14.8. The Morgan fingerprint density at radius 3 is 1.66 bits per heavy atom. The van der Waals surface area contributed by atoms with Gasteiger partial charge in [-0.25, -0.2) is 4.79 Å². The van der Waals surface area contributed by atoms with Gasteiger partial charge in [-0.2, -0.15) is 0 Å². The first-order valence-corrected chi connectivity index (χ1v) is 11.3. The first kappa shape index (κ1) is 33.5. The van der Waals surface area contributed by atoms with Crippen LogP contribution in [0.4, 0.5) is 0 Å². The topological polar surface area (TPSA) is 333 Å². The molecule has 0 bridgehead atoms. The molecule has 4 atom stereocenters. The summed E-state index contributed by atoms with van der Waals surface area (Å²) < 4.78 is 0. The molecule has 0 fully saturated rings. The lowest BCUT2D eigenvalue weighted by atomic mass is 10.1. The van der Waals surface area contributed by atoms with Crippen LogP contribution in [0.3, 0.4) is 0 Å². The molecule has 18 nitrogen and oxygen atoms in total. The predicted octanol–water partition coefficient (Wildman–Crippen LogP) is -4.49. The van der Waals surface area contributed by atoms with Gasteiger partial charge in [0.15, 0.2) is 5.96 Å². The molecule has 0 rings (SSSR count). The zero-order valence-electron chi connectivity index (χ0n) is 20.4. The van der Waals surface area contributed by atoms with Crippen molar-refractivity contribution in [3.05, 3.63) is 0 Å². The summed E-state index contributed by atoms with van der Waals surface area (Å²) in [6.07, 6.45) is -2.47. The normalized spacial score (nSPS) is 13.6. The second-order valence-electron chi connectivity index (χ2n) is 8.11. The summed E-state index contributed by atoms with van der Waals surface area (Å²) in [7, 11) is 0. The van der Waals surface area contributed by atoms with E-state index in [1.54, 1.807) is 0 Å². The molecule has 0 aromatic carbocycles. The number of nitrogens with two attached hydrogens (primary N) is 4. The third-order valence-electron chi connectivity index (χ3n) is 4.88. The summed E-state index contributed by atoms with van der Waals surface area (Å²) in [5, 5.41) is 33.8. The molecule has 0 aliphatic carbocycles. The van der Waals surface area contributed by atoms with E-state index in [0.717, 1.165) is 0 Å². The number of primary amides is 1. The minimum absolute atomic E-state index is 0.0479. The van der Waals surface area contributed by atoms with E-state index < -0.39 is 85.0 Å². The molecule has 0 heterocycles. The molecule has 18 heteroatoms. The molecule has 0 aliphatic rings. The Hall–Kier alpha value is -4.48. The van der Waals surface area contributed by atoms with Gasteiger partial charge in [0.25, 0.3) is 0 Å². The van der Waals surface area contributed by atoms with E-state index in [2.05, 4.69) is 20.9 Å². The van der Waals surface area contributed by atoms with E-state index >= 15 is 0 Å². The van der Waals surface area contributed by atoms with Crippen LogP contribution in [0, 0.1) is 0 Å². The molecule has 4 unspecified atom stereocenters. The van der Waals surface area contributed by atoms with Crippen LogP contribution in [-0.2, 0) is 33.6 Å². The molecule has 0 radical (unpaired) electrons. The summed E-state index contributed by atoms with van der Waals surface area (Å²) in [5.41, 5.74) is 21.0. The maximum Gasteiger partial charge on any atom is 0.326 e. The maximum atomic E-state index is 13.0. The quantitative estimate of drug-likeness (QED) is 0.0415. The number of aliphatic carboxylic acids is 3. The van der Waals surface area contributed by atoms with Gasteiger partial charge < -0.3 is 54.2 Å². The predicted molar refractivity (Wildman–Crippen MR) is 129 cm³/mol. The van der Waals surface area contributed by atoms with Crippen LogP contribution >= 0.6 is 0 Å². The molecular formula is C20H34N8O10. The highest BCUT2D eigenvalue weighted by Crippen LogP contribution is 2.06. The summed E-state index contributed by atoms with van der Waals surface area (Å²) in [6.45, 7) is 0.0479. The summed E-state index contributed by atoms with van der Waals surface area (Å²) in [5.74, 6) is -8.25. The number of carbonyl (C=O) groups excluding carboxylic acids is 4. The van der Waals surface area contributed by atoms with E-state index in [9.17, 15) is 38.7 Å². The maximum absolute atomic E-state index is 13.0. The van der Waals surface area contributed by atoms with Crippen molar-refractivity contribution in [1.29, 1.82) is 0 Å². The monoisotopic (exact) mass is 546 g/mol. The molecule has 0 saturated carbocycles. The van der Waals surface area contributed by atoms with Crippen molar-refractivity contribution in [1.82, 2.24) is 16.0 Å². The molecule has 4 amide bonds. The van der Waals surface area contributed by atoms with Crippen molar-refractivity contribution in [2.45, 2.75) is 69.1 Å². The molecule has 14 N–H and O–H groups in total. The lowest BCUT2D eigenvalue weighted by Crippen LogP contribution is -2.57. The number of carbonyl (C=O) groups is 7. The summed E-state index contributed by atoms with van der Waals surface area (Å²) >= 11 is 0. The van der Waals surface area contributed by atoms with Crippen molar-refractivity contribution < 1.29 is 48.9 Å². The Bertz CT molecular complexity index is 921. The van der Waals surface area contributed by atoms with Gasteiger partial charge in [-0.1, -0.05) is 0 Å². The number of hydrogen-bond donors (Lipinski definition) is 10. The Kier molecular flexibility index (Phi) is 15.0. The Morgan fingerprint density at radius 2 is 1.18 bits per heavy atom. The van der Waals surface area contributed by atoms with Crippen LogP contribution in [0.5, 0.6) is 0 Å². The van der Waals surface area contributed by atoms with Crippen LogP contribution in [0.25, 0.3) is 0 Å². The van der Waals surface area contributed by atoms with Crippen molar-refractivity contribution in [2.75, 3.05) is 6.54 Å². The van der Waals surface area contributed by atoms with E-state index in [0.29, 0.717) is 0 Å². The van der Waals surface area contributed by atoms with Crippen LogP contribution in [0.15, 0.2) is 4.99 Å². The van der Waals surface area contributed by atoms with Crippen molar-refractivity contribution in [2.24, 2.45) is 27.9 Å². The van der Waals surface area contributed by atoms with Gasteiger partial charge in [0.2, 0.25) is 23.6 Å². The summed E-state index contributed by atoms with van der Waals surface area (Å²) in [4.78, 5) is 86.1. The summed E-state index contributed by atoms with van der Waals surface area (Å²) in [6, 6.07) is -6.00. The van der Waals surface area contributed by atoms with Gasteiger partial charge in [0.1, 0.15) is 18.1 Å². The second kappa shape index (κ2) is 17.1. The van der Waals surface area contributed by atoms with Crippen LogP contribution < -0.4 is 38.9 Å². The average Bonchev–Trinajstić information content (AvgIpc) is 2.79. The fourth-order valence-corrected chi connectivity index (χ4v) is 2.96. The lowest BCUT2D eigenvalue weighted by Gasteiger charge is -2.25. The largest absolute Gasteiger partial charge is 0.481 e. The lowest BCUT2D eigenvalue weighted by molar-refractivity contribution is -0.143. The fraction of sp³-hybridized carbons (Fsp3) is 0.600. The fourth-order valence-electron chi connectivity index (χ4n) is 2.96. The first-order valence-electron chi connectivity index (χ1n) is 11.3. The molecule has 0 aromatic rings. The van der Waals surface area contributed by atoms with E-state index in [4.69, 9.17) is 33.1 Å². The third-order valence-corrected chi connectivity index (χ3v) is 4.88. The van der Waals surface area contributed by atoms with Gasteiger partial charge in [0.05, 0.1) is 12.5 Å². The smallest absolute Gasteiger partial charge is 0.326 e. The van der Waals surface area contributed by atoms with E-state index in [-0.39, 0.29) is 38.2 Å². The van der Waals surface area contributed by atoms with Crippen LogP contribution in [0.1, 0.15) is 44.9 Å². The highest BCUT2D eigenvalue weighted by molar-refractivity contribution is 5.95. The number of nitrogens with zero attached hydrogens (tertiary/aromatic N) is 1. The van der Waals surface area contributed by atoms with Crippen molar-refractivity contribution in [3.8, 4) is 0 Å².